The monoisotopic (exact) mass is 396 g/mol. The summed E-state index contributed by atoms with van der Waals surface area (Å²) in [7, 11) is 0. The number of ether oxygens (including phenoxy) is 1. The SMILES string of the molecule is O=C(Nc1ccc(-c2ccc(N3CCOCC3)nn2)cc1)c1ccc(F)c(F)c1. The summed E-state index contributed by atoms with van der Waals surface area (Å²) in [6.45, 7) is 2.95. The van der Waals surface area contributed by atoms with Crippen LogP contribution in [0.2, 0.25) is 0 Å². The van der Waals surface area contributed by atoms with Gasteiger partial charge in [0.2, 0.25) is 0 Å². The van der Waals surface area contributed by atoms with Gasteiger partial charge in [-0.2, -0.15) is 0 Å². The molecule has 0 atom stereocenters. The molecule has 0 saturated carbocycles. The average Bonchev–Trinajstić information content (AvgIpc) is 2.77. The third kappa shape index (κ3) is 4.38. The largest absolute Gasteiger partial charge is 0.378 e. The fraction of sp³-hybridized carbons (Fsp3) is 0.190. The topological polar surface area (TPSA) is 67.4 Å². The van der Waals surface area contributed by atoms with Crippen LogP contribution in [0.5, 0.6) is 0 Å². The zero-order valence-electron chi connectivity index (χ0n) is 15.4. The molecular weight excluding hydrogens is 378 g/mol. The van der Waals surface area contributed by atoms with E-state index in [1.165, 1.54) is 6.07 Å². The molecule has 0 radical (unpaired) electrons. The van der Waals surface area contributed by atoms with E-state index in [2.05, 4.69) is 20.4 Å². The van der Waals surface area contributed by atoms with Crippen LogP contribution >= 0.6 is 0 Å². The molecule has 1 N–H and O–H groups in total. The predicted molar refractivity (Wildman–Crippen MR) is 105 cm³/mol. The summed E-state index contributed by atoms with van der Waals surface area (Å²) >= 11 is 0. The average molecular weight is 396 g/mol. The number of rotatable bonds is 4. The first-order valence-corrected chi connectivity index (χ1v) is 9.13. The van der Waals surface area contributed by atoms with Crippen molar-refractivity contribution in [3.8, 4) is 11.3 Å². The molecule has 1 fully saturated rings. The van der Waals surface area contributed by atoms with Crippen molar-refractivity contribution >= 4 is 17.4 Å². The summed E-state index contributed by atoms with van der Waals surface area (Å²) in [5.74, 6) is -1.77. The quantitative estimate of drug-likeness (QED) is 0.731. The van der Waals surface area contributed by atoms with Crippen molar-refractivity contribution in [1.29, 1.82) is 0 Å². The summed E-state index contributed by atoms with van der Waals surface area (Å²) in [6, 6.07) is 13.9. The summed E-state index contributed by atoms with van der Waals surface area (Å²) < 4.78 is 31.6. The predicted octanol–water partition coefficient (Wildman–Crippen LogP) is 3.51. The number of nitrogens with zero attached hydrogens (tertiary/aromatic N) is 3. The lowest BCUT2D eigenvalue weighted by atomic mass is 10.1. The van der Waals surface area contributed by atoms with Gasteiger partial charge in [0.25, 0.3) is 5.91 Å². The van der Waals surface area contributed by atoms with E-state index in [9.17, 15) is 13.6 Å². The van der Waals surface area contributed by atoms with Gasteiger partial charge in [0.15, 0.2) is 17.5 Å². The Morgan fingerprint density at radius 2 is 1.69 bits per heavy atom. The highest BCUT2D eigenvalue weighted by Crippen LogP contribution is 2.21. The van der Waals surface area contributed by atoms with Gasteiger partial charge in [0.05, 0.1) is 18.9 Å². The Morgan fingerprint density at radius 1 is 0.931 bits per heavy atom. The van der Waals surface area contributed by atoms with E-state index in [1.807, 2.05) is 12.1 Å². The lowest BCUT2D eigenvalue weighted by Gasteiger charge is -2.27. The molecule has 1 aliphatic rings. The minimum absolute atomic E-state index is 0.0394. The van der Waals surface area contributed by atoms with Crippen LogP contribution in [0.4, 0.5) is 20.3 Å². The minimum atomic E-state index is -1.06. The molecule has 1 saturated heterocycles. The molecule has 3 aromatic rings. The van der Waals surface area contributed by atoms with E-state index >= 15 is 0 Å². The molecule has 2 heterocycles. The molecule has 2 aromatic carbocycles. The molecule has 8 heteroatoms. The maximum Gasteiger partial charge on any atom is 0.255 e. The summed E-state index contributed by atoms with van der Waals surface area (Å²) in [6.07, 6.45) is 0. The Balaban J connectivity index is 1.43. The van der Waals surface area contributed by atoms with Gasteiger partial charge < -0.3 is 15.0 Å². The molecule has 1 aliphatic heterocycles. The molecular formula is C21H18F2N4O2. The standard InChI is InChI=1S/C21H18F2N4O2/c22-17-6-3-15(13-18(17)23)21(28)24-16-4-1-14(2-5-16)19-7-8-20(26-25-19)27-9-11-29-12-10-27/h1-8,13H,9-12H2,(H,24,28). The Kier molecular flexibility index (Phi) is 5.44. The first-order valence-electron chi connectivity index (χ1n) is 9.13. The number of hydrogen-bond acceptors (Lipinski definition) is 5. The van der Waals surface area contributed by atoms with Crippen molar-refractivity contribution in [3.05, 3.63) is 71.8 Å². The first kappa shape index (κ1) is 18.9. The van der Waals surface area contributed by atoms with E-state index in [1.54, 1.807) is 24.3 Å². The zero-order valence-corrected chi connectivity index (χ0v) is 15.4. The number of halogens is 2. The Labute approximate surface area is 166 Å². The van der Waals surface area contributed by atoms with Gasteiger partial charge in [-0.1, -0.05) is 12.1 Å². The molecule has 148 valence electrons. The van der Waals surface area contributed by atoms with E-state index in [0.717, 1.165) is 36.6 Å². The Bertz CT molecular complexity index is 1000. The van der Waals surface area contributed by atoms with Gasteiger partial charge in [-0.05, 0) is 42.5 Å². The van der Waals surface area contributed by atoms with Crippen molar-refractivity contribution in [1.82, 2.24) is 10.2 Å². The fourth-order valence-corrected chi connectivity index (χ4v) is 3.01. The van der Waals surface area contributed by atoms with Crippen molar-refractivity contribution < 1.29 is 18.3 Å². The number of amides is 1. The first-order chi connectivity index (χ1) is 14.1. The van der Waals surface area contributed by atoms with Crippen LogP contribution in [0.1, 0.15) is 10.4 Å². The smallest absolute Gasteiger partial charge is 0.255 e. The van der Waals surface area contributed by atoms with Crippen LogP contribution in [-0.4, -0.2) is 42.4 Å². The lowest BCUT2D eigenvalue weighted by Crippen LogP contribution is -2.36. The summed E-state index contributed by atoms with van der Waals surface area (Å²) in [4.78, 5) is 14.3. The number of anilines is 2. The van der Waals surface area contributed by atoms with E-state index in [-0.39, 0.29) is 5.56 Å². The second-order valence-electron chi connectivity index (χ2n) is 6.54. The van der Waals surface area contributed by atoms with Crippen LogP contribution in [-0.2, 0) is 4.74 Å². The number of nitrogens with one attached hydrogen (secondary N) is 1. The molecule has 4 rings (SSSR count). The summed E-state index contributed by atoms with van der Waals surface area (Å²) in [5.41, 5.74) is 2.12. The second kappa shape index (κ2) is 8.32. The van der Waals surface area contributed by atoms with Gasteiger partial charge >= 0.3 is 0 Å². The van der Waals surface area contributed by atoms with Crippen molar-refractivity contribution in [2.45, 2.75) is 0 Å². The maximum atomic E-state index is 13.3. The fourth-order valence-electron chi connectivity index (χ4n) is 3.01. The van der Waals surface area contributed by atoms with Crippen LogP contribution in [0.25, 0.3) is 11.3 Å². The number of morpholine rings is 1. The van der Waals surface area contributed by atoms with Gasteiger partial charge in [-0.15, -0.1) is 10.2 Å². The minimum Gasteiger partial charge on any atom is -0.378 e. The van der Waals surface area contributed by atoms with Crippen LogP contribution in [0.15, 0.2) is 54.6 Å². The highest BCUT2D eigenvalue weighted by molar-refractivity contribution is 6.04. The Hall–Kier alpha value is -3.39. The molecule has 0 aliphatic carbocycles. The van der Waals surface area contributed by atoms with Crippen LogP contribution < -0.4 is 10.2 Å². The van der Waals surface area contributed by atoms with Crippen molar-refractivity contribution in [3.63, 3.8) is 0 Å². The van der Waals surface area contributed by atoms with Crippen LogP contribution in [0.3, 0.4) is 0 Å². The normalized spacial score (nSPS) is 13.9. The van der Waals surface area contributed by atoms with Crippen molar-refractivity contribution in [2.75, 3.05) is 36.5 Å². The van der Waals surface area contributed by atoms with Gasteiger partial charge in [0.1, 0.15) is 0 Å². The number of benzene rings is 2. The molecule has 1 amide bonds. The highest BCUT2D eigenvalue weighted by Gasteiger charge is 2.13. The number of carbonyl (C=O) groups excluding carboxylic acids is 1. The highest BCUT2D eigenvalue weighted by atomic mass is 19.2. The van der Waals surface area contributed by atoms with Gasteiger partial charge in [0, 0.05) is 29.9 Å². The van der Waals surface area contributed by atoms with E-state index in [4.69, 9.17) is 4.74 Å². The van der Waals surface area contributed by atoms with E-state index < -0.39 is 17.5 Å². The molecule has 0 spiro atoms. The third-order valence-electron chi connectivity index (χ3n) is 4.61. The third-order valence-corrected chi connectivity index (χ3v) is 4.61. The number of carbonyl (C=O) groups is 1. The number of hydrogen-bond donors (Lipinski definition) is 1. The van der Waals surface area contributed by atoms with Crippen molar-refractivity contribution in [2.24, 2.45) is 0 Å². The molecule has 0 unspecified atom stereocenters. The van der Waals surface area contributed by atoms with Gasteiger partial charge in [-0.25, -0.2) is 8.78 Å². The molecule has 0 bridgehead atoms. The number of aromatic nitrogens is 2. The molecule has 6 nitrogen and oxygen atoms in total. The summed E-state index contributed by atoms with van der Waals surface area (Å²) in [5, 5.41) is 11.2. The second-order valence-corrected chi connectivity index (χ2v) is 6.54. The molecule has 1 aromatic heterocycles. The van der Waals surface area contributed by atoms with E-state index in [0.29, 0.717) is 24.6 Å². The zero-order chi connectivity index (χ0) is 20.2. The van der Waals surface area contributed by atoms with Gasteiger partial charge in [-0.3, -0.25) is 4.79 Å². The lowest BCUT2D eigenvalue weighted by molar-refractivity contribution is 0.102. The van der Waals surface area contributed by atoms with Crippen LogP contribution in [0, 0.1) is 11.6 Å². The molecule has 29 heavy (non-hydrogen) atoms. The Morgan fingerprint density at radius 3 is 2.34 bits per heavy atom. The maximum absolute atomic E-state index is 13.3.